The summed E-state index contributed by atoms with van der Waals surface area (Å²) in [6.45, 7) is 0.451. The van der Waals surface area contributed by atoms with Crippen LogP contribution in [-0.4, -0.2) is 54.6 Å². The van der Waals surface area contributed by atoms with Crippen molar-refractivity contribution < 1.29 is 9.53 Å². The van der Waals surface area contributed by atoms with Crippen LogP contribution in [0.15, 0.2) is 30.3 Å². The highest BCUT2D eigenvalue weighted by Gasteiger charge is 2.44. The zero-order chi connectivity index (χ0) is 19.7. The Bertz CT molecular complexity index is 855. The second kappa shape index (κ2) is 7.75. The Labute approximate surface area is 165 Å². The van der Waals surface area contributed by atoms with Gasteiger partial charge in [0.05, 0.1) is 24.8 Å². The molecule has 0 spiro atoms. The Hall–Kier alpha value is -2.67. The fraction of sp³-hybridized carbons (Fsp3) is 0.476. The number of methoxy groups -OCH3 is 1. The van der Waals surface area contributed by atoms with Crippen LogP contribution in [0.2, 0.25) is 0 Å². The SMILES string of the molecule is COCCC(=O)N1[C@@H]2CC[C@@H]1c1c(nc(N(C)C)nc1Nc1ccccc1)C2. The number of para-hydroxylation sites is 1. The highest BCUT2D eigenvalue weighted by atomic mass is 16.5. The van der Waals surface area contributed by atoms with E-state index < -0.39 is 0 Å². The third-order valence-electron chi connectivity index (χ3n) is 5.52. The predicted octanol–water partition coefficient (Wildman–Crippen LogP) is 2.91. The lowest BCUT2D eigenvalue weighted by atomic mass is 9.97. The van der Waals surface area contributed by atoms with Crippen molar-refractivity contribution >= 4 is 23.4 Å². The number of aromatic nitrogens is 2. The van der Waals surface area contributed by atoms with Gasteiger partial charge in [0.15, 0.2) is 0 Å². The van der Waals surface area contributed by atoms with E-state index in [2.05, 4.69) is 10.2 Å². The number of hydrogen-bond acceptors (Lipinski definition) is 6. The second-order valence-corrected chi connectivity index (χ2v) is 7.61. The van der Waals surface area contributed by atoms with Crippen molar-refractivity contribution in [3.63, 3.8) is 0 Å². The molecule has 1 aromatic heterocycles. The normalized spacial score (nSPS) is 20.0. The minimum Gasteiger partial charge on any atom is -0.384 e. The number of nitrogens with one attached hydrogen (secondary N) is 1. The first-order chi connectivity index (χ1) is 13.6. The van der Waals surface area contributed by atoms with Gasteiger partial charge in [-0.2, -0.15) is 4.98 Å². The number of hydrogen-bond donors (Lipinski definition) is 1. The van der Waals surface area contributed by atoms with Gasteiger partial charge in [-0.1, -0.05) is 18.2 Å². The Morgan fingerprint density at radius 2 is 2.04 bits per heavy atom. The first kappa shape index (κ1) is 18.7. The molecule has 1 amide bonds. The maximum absolute atomic E-state index is 12.8. The van der Waals surface area contributed by atoms with Crippen molar-refractivity contribution in [1.82, 2.24) is 14.9 Å². The van der Waals surface area contributed by atoms with E-state index in [0.717, 1.165) is 42.0 Å². The number of amides is 1. The van der Waals surface area contributed by atoms with E-state index in [1.54, 1.807) is 7.11 Å². The molecule has 3 heterocycles. The molecule has 0 radical (unpaired) electrons. The largest absolute Gasteiger partial charge is 0.384 e. The molecule has 1 aromatic carbocycles. The zero-order valence-corrected chi connectivity index (χ0v) is 16.7. The van der Waals surface area contributed by atoms with Crippen LogP contribution in [0.25, 0.3) is 0 Å². The van der Waals surface area contributed by atoms with Gasteiger partial charge in [0.2, 0.25) is 11.9 Å². The zero-order valence-electron chi connectivity index (χ0n) is 16.7. The Kier molecular flexibility index (Phi) is 5.17. The number of benzene rings is 1. The van der Waals surface area contributed by atoms with Gasteiger partial charge in [-0.05, 0) is 25.0 Å². The predicted molar refractivity (Wildman–Crippen MR) is 109 cm³/mol. The molecule has 1 fully saturated rings. The minimum atomic E-state index is 0.0283. The number of anilines is 3. The molecule has 2 atom stereocenters. The number of nitrogens with zero attached hydrogens (tertiary/aromatic N) is 4. The highest BCUT2D eigenvalue weighted by Crippen LogP contribution is 2.46. The van der Waals surface area contributed by atoms with Gasteiger partial charge in [0, 0.05) is 44.9 Å². The van der Waals surface area contributed by atoms with Crippen LogP contribution in [0.3, 0.4) is 0 Å². The summed E-state index contributed by atoms with van der Waals surface area (Å²) in [5.74, 6) is 1.65. The third kappa shape index (κ3) is 3.42. The first-order valence-electron chi connectivity index (χ1n) is 9.78. The molecule has 148 valence electrons. The third-order valence-corrected chi connectivity index (χ3v) is 5.52. The standard InChI is InChI=1S/C21H27N5O2/c1-25(2)21-23-16-13-15-9-10-17(26(15)18(27)11-12-28-3)19(16)20(24-21)22-14-7-5-4-6-8-14/h4-8,15,17H,9-13H2,1-3H3,(H,22,23,24)/t15-,17-/m1/s1. The molecule has 0 unspecified atom stereocenters. The van der Waals surface area contributed by atoms with Crippen LogP contribution >= 0.6 is 0 Å². The molecular formula is C21H27N5O2. The minimum absolute atomic E-state index is 0.0283. The van der Waals surface area contributed by atoms with Crippen LogP contribution in [0, 0.1) is 0 Å². The van der Waals surface area contributed by atoms with E-state index in [-0.39, 0.29) is 18.0 Å². The van der Waals surface area contributed by atoms with Gasteiger partial charge in [-0.3, -0.25) is 4.79 Å². The van der Waals surface area contributed by atoms with Crippen molar-refractivity contribution in [3.8, 4) is 0 Å². The van der Waals surface area contributed by atoms with Crippen molar-refractivity contribution in [3.05, 3.63) is 41.6 Å². The molecule has 2 aliphatic heterocycles. The highest BCUT2D eigenvalue weighted by molar-refractivity contribution is 5.79. The van der Waals surface area contributed by atoms with E-state index in [0.29, 0.717) is 19.0 Å². The summed E-state index contributed by atoms with van der Waals surface area (Å²) in [7, 11) is 5.53. The molecule has 1 saturated heterocycles. The van der Waals surface area contributed by atoms with E-state index >= 15 is 0 Å². The summed E-state index contributed by atoms with van der Waals surface area (Å²) in [6.07, 6.45) is 3.14. The van der Waals surface area contributed by atoms with Crippen LogP contribution < -0.4 is 10.2 Å². The van der Waals surface area contributed by atoms with Crippen molar-refractivity contribution in [2.45, 2.75) is 37.8 Å². The Balaban J connectivity index is 1.74. The molecule has 2 aromatic rings. The molecule has 28 heavy (non-hydrogen) atoms. The number of carbonyl (C=O) groups is 1. The molecule has 0 aliphatic carbocycles. The molecule has 2 aliphatic rings. The second-order valence-electron chi connectivity index (χ2n) is 7.61. The maximum Gasteiger partial charge on any atom is 0.227 e. The van der Waals surface area contributed by atoms with E-state index in [4.69, 9.17) is 14.7 Å². The lowest BCUT2D eigenvalue weighted by Gasteiger charge is -2.37. The molecule has 2 bridgehead atoms. The summed E-state index contributed by atoms with van der Waals surface area (Å²) in [4.78, 5) is 26.4. The summed E-state index contributed by atoms with van der Waals surface area (Å²) < 4.78 is 5.12. The van der Waals surface area contributed by atoms with Crippen LogP contribution in [0.1, 0.15) is 36.6 Å². The lowest BCUT2D eigenvalue weighted by Crippen LogP contribution is -2.43. The average molecular weight is 381 g/mol. The van der Waals surface area contributed by atoms with Gasteiger partial charge in [-0.15, -0.1) is 0 Å². The molecular weight excluding hydrogens is 354 g/mol. The number of ether oxygens (including phenoxy) is 1. The van der Waals surface area contributed by atoms with Crippen molar-refractivity contribution in [1.29, 1.82) is 0 Å². The fourth-order valence-electron chi connectivity index (χ4n) is 4.25. The summed E-state index contributed by atoms with van der Waals surface area (Å²) in [6, 6.07) is 10.3. The van der Waals surface area contributed by atoms with Gasteiger partial charge in [0.25, 0.3) is 0 Å². The quantitative estimate of drug-likeness (QED) is 0.830. The average Bonchev–Trinajstić information content (AvgIpc) is 3.00. The van der Waals surface area contributed by atoms with E-state index in [9.17, 15) is 4.79 Å². The summed E-state index contributed by atoms with van der Waals surface area (Å²) in [5.41, 5.74) is 3.10. The molecule has 1 N–H and O–H groups in total. The number of rotatable bonds is 6. The van der Waals surface area contributed by atoms with Gasteiger partial charge >= 0.3 is 0 Å². The van der Waals surface area contributed by atoms with Crippen molar-refractivity contribution in [2.24, 2.45) is 0 Å². The van der Waals surface area contributed by atoms with Crippen LogP contribution in [0.5, 0.6) is 0 Å². The topological polar surface area (TPSA) is 70.6 Å². The molecule has 7 heteroatoms. The first-order valence-corrected chi connectivity index (χ1v) is 9.78. The van der Waals surface area contributed by atoms with Crippen LogP contribution in [-0.2, 0) is 16.0 Å². The molecule has 7 nitrogen and oxygen atoms in total. The molecule has 0 saturated carbocycles. The van der Waals surface area contributed by atoms with Crippen molar-refractivity contribution in [2.75, 3.05) is 38.0 Å². The maximum atomic E-state index is 12.8. The monoisotopic (exact) mass is 381 g/mol. The number of carbonyl (C=O) groups excluding carboxylic acids is 1. The smallest absolute Gasteiger partial charge is 0.227 e. The Morgan fingerprint density at radius 3 is 2.75 bits per heavy atom. The van der Waals surface area contributed by atoms with Gasteiger partial charge in [0.1, 0.15) is 5.82 Å². The Morgan fingerprint density at radius 1 is 1.25 bits per heavy atom. The summed E-state index contributed by atoms with van der Waals surface area (Å²) in [5, 5.41) is 3.47. The van der Waals surface area contributed by atoms with Gasteiger partial charge in [-0.25, -0.2) is 4.98 Å². The fourth-order valence-corrected chi connectivity index (χ4v) is 4.25. The molecule has 4 rings (SSSR count). The van der Waals surface area contributed by atoms with E-state index in [1.165, 1.54) is 0 Å². The van der Waals surface area contributed by atoms with Crippen LogP contribution in [0.4, 0.5) is 17.5 Å². The lowest BCUT2D eigenvalue weighted by molar-refractivity contribution is -0.135. The summed E-state index contributed by atoms with van der Waals surface area (Å²) >= 11 is 0. The van der Waals surface area contributed by atoms with E-state index in [1.807, 2.05) is 49.3 Å². The van der Waals surface area contributed by atoms with Gasteiger partial charge < -0.3 is 19.9 Å². The number of fused-ring (bicyclic) bond motifs is 4.